The van der Waals surface area contributed by atoms with Crippen LogP contribution in [0.5, 0.6) is 0 Å². The minimum absolute atomic E-state index is 0.0782. The molecule has 0 N–H and O–H groups in total. The third-order valence-electron chi connectivity index (χ3n) is 5.94. The molecule has 0 atom stereocenters. The quantitative estimate of drug-likeness (QED) is 0.517. The molecule has 1 aliphatic heterocycles. The van der Waals surface area contributed by atoms with Crippen molar-refractivity contribution in [1.82, 2.24) is 14.3 Å². The highest BCUT2D eigenvalue weighted by atomic mass is 35.5. The Morgan fingerprint density at radius 2 is 1.67 bits per heavy atom. The first-order valence-corrected chi connectivity index (χ1v) is 12.9. The van der Waals surface area contributed by atoms with Gasteiger partial charge in [-0.25, -0.2) is 22.8 Å². The predicted molar refractivity (Wildman–Crippen MR) is 130 cm³/mol. The molecule has 0 aliphatic carbocycles. The standard InChI is InChI=1S/C24H26ClFN4O2S/c1-3-33(31,32)30-14-12-29(13-15-30)24-19(16-20-21(25)10-7-11-22(20)26)17(2)27-23(28-24)18-8-5-4-6-9-18/h4-11H,3,12-16H2,1-2H3. The summed E-state index contributed by atoms with van der Waals surface area (Å²) >= 11 is 6.31. The van der Waals surface area contributed by atoms with E-state index in [9.17, 15) is 12.8 Å². The Labute approximate surface area is 199 Å². The largest absolute Gasteiger partial charge is 0.354 e. The van der Waals surface area contributed by atoms with Gasteiger partial charge in [0.2, 0.25) is 10.0 Å². The van der Waals surface area contributed by atoms with Crippen LogP contribution >= 0.6 is 11.6 Å². The van der Waals surface area contributed by atoms with Crippen LogP contribution in [0.25, 0.3) is 11.4 Å². The second kappa shape index (κ2) is 9.75. The smallest absolute Gasteiger partial charge is 0.213 e. The number of sulfonamides is 1. The van der Waals surface area contributed by atoms with Gasteiger partial charge < -0.3 is 4.90 Å². The van der Waals surface area contributed by atoms with Gasteiger partial charge in [0.05, 0.1) is 5.75 Å². The van der Waals surface area contributed by atoms with Crippen LogP contribution in [0.1, 0.15) is 23.7 Å². The van der Waals surface area contributed by atoms with E-state index in [0.717, 1.165) is 16.8 Å². The van der Waals surface area contributed by atoms with E-state index >= 15 is 0 Å². The number of piperazine rings is 1. The Bertz CT molecular complexity index is 1230. The zero-order valence-electron chi connectivity index (χ0n) is 18.6. The molecule has 0 spiro atoms. The molecule has 0 unspecified atom stereocenters. The number of benzene rings is 2. The second-order valence-electron chi connectivity index (χ2n) is 7.96. The zero-order valence-corrected chi connectivity index (χ0v) is 20.2. The summed E-state index contributed by atoms with van der Waals surface area (Å²) in [4.78, 5) is 11.6. The highest BCUT2D eigenvalue weighted by molar-refractivity contribution is 7.89. The molecular formula is C24H26ClFN4O2S. The third kappa shape index (κ3) is 5.03. The lowest BCUT2D eigenvalue weighted by Gasteiger charge is -2.35. The molecule has 2 heterocycles. The Balaban J connectivity index is 1.75. The summed E-state index contributed by atoms with van der Waals surface area (Å²) in [6, 6.07) is 14.3. The average Bonchev–Trinajstić information content (AvgIpc) is 2.82. The maximum atomic E-state index is 14.6. The van der Waals surface area contributed by atoms with E-state index < -0.39 is 10.0 Å². The van der Waals surface area contributed by atoms with E-state index in [-0.39, 0.29) is 18.0 Å². The minimum atomic E-state index is -3.25. The lowest BCUT2D eigenvalue weighted by molar-refractivity contribution is 0.384. The van der Waals surface area contributed by atoms with E-state index in [1.54, 1.807) is 19.1 Å². The fourth-order valence-electron chi connectivity index (χ4n) is 4.00. The van der Waals surface area contributed by atoms with Crippen LogP contribution in [0.3, 0.4) is 0 Å². The van der Waals surface area contributed by atoms with Crippen LogP contribution in [0.2, 0.25) is 5.02 Å². The van der Waals surface area contributed by atoms with Crippen molar-refractivity contribution in [2.75, 3.05) is 36.8 Å². The molecule has 9 heteroatoms. The molecule has 1 aliphatic rings. The third-order valence-corrected chi connectivity index (χ3v) is 8.17. The highest BCUT2D eigenvalue weighted by Gasteiger charge is 2.28. The van der Waals surface area contributed by atoms with Gasteiger partial charge in [-0.1, -0.05) is 48.0 Å². The van der Waals surface area contributed by atoms with Gasteiger partial charge in [-0.15, -0.1) is 0 Å². The minimum Gasteiger partial charge on any atom is -0.354 e. The van der Waals surface area contributed by atoms with Crippen LogP contribution < -0.4 is 4.90 Å². The molecule has 4 rings (SSSR count). The Kier molecular flexibility index (Phi) is 6.97. The monoisotopic (exact) mass is 488 g/mol. The summed E-state index contributed by atoms with van der Waals surface area (Å²) in [6.45, 7) is 5.26. The van der Waals surface area contributed by atoms with Crippen LogP contribution in [-0.4, -0.2) is 54.6 Å². The summed E-state index contributed by atoms with van der Waals surface area (Å²) in [5.41, 5.74) is 2.80. The maximum absolute atomic E-state index is 14.6. The van der Waals surface area contributed by atoms with Gasteiger partial charge in [0, 0.05) is 60.0 Å². The highest BCUT2D eigenvalue weighted by Crippen LogP contribution is 2.31. The van der Waals surface area contributed by atoms with Gasteiger partial charge in [0.1, 0.15) is 11.6 Å². The Morgan fingerprint density at radius 1 is 0.970 bits per heavy atom. The Hall–Kier alpha value is -2.55. The van der Waals surface area contributed by atoms with Crippen molar-refractivity contribution in [3.05, 3.63) is 76.2 Å². The maximum Gasteiger partial charge on any atom is 0.213 e. The number of nitrogens with zero attached hydrogens (tertiary/aromatic N) is 4. The van der Waals surface area contributed by atoms with Gasteiger partial charge in [-0.05, 0) is 26.0 Å². The lowest BCUT2D eigenvalue weighted by Crippen LogP contribution is -2.49. The number of anilines is 1. The van der Waals surface area contributed by atoms with Crippen LogP contribution in [-0.2, 0) is 16.4 Å². The van der Waals surface area contributed by atoms with Crippen molar-refractivity contribution in [2.24, 2.45) is 0 Å². The van der Waals surface area contributed by atoms with Crippen molar-refractivity contribution in [2.45, 2.75) is 20.3 Å². The van der Waals surface area contributed by atoms with Crippen LogP contribution in [0.4, 0.5) is 10.2 Å². The molecule has 3 aromatic rings. The molecule has 0 radical (unpaired) electrons. The normalized spacial score (nSPS) is 15.1. The summed E-state index contributed by atoms with van der Waals surface area (Å²) in [5.74, 6) is 0.970. The summed E-state index contributed by atoms with van der Waals surface area (Å²) < 4.78 is 40.7. The molecule has 1 fully saturated rings. The molecule has 0 bridgehead atoms. The number of halogens is 2. The molecule has 0 amide bonds. The number of hydrogen-bond donors (Lipinski definition) is 0. The van der Waals surface area contributed by atoms with Crippen molar-refractivity contribution >= 4 is 27.4 Å². The molecule has 174 valence electrons. The van der Waals surface area contributed by atoms with Gasteiger partial charge in [-0.3, -0.25) is 0 Å². The average molecular weight is 489 g/mol. The summed E-state index contributed by atoms with van der Waals surface area (Å²) in [6.07, 6.45) is 0.245. The fourth-order valence-corrected chi connectivity index (χ4v) is 5.32. The zero-order chi connectivity index (χ0) is 23.6. The number of aromatic nitrogens is 2. The van der Waals surface area contributed by atoms with E-state index in [2.05, 4.69) is 4.90 Å². The van der Waals surface area contributed by atoms with E-state index in [0.29, 0.717) is 48.4 Å². The number of aryl methyl sites for hydroxylation is 1. The van der Waals surface area contributed by atoms with E-state index in [1.807, 2.05) is 37.3 Å². The molecule has 6 nitrogen and oxygen atoms in total. The molecule has 1 saturated heterocycles. The van der Waals surface area contributed by atoms with Gasteiger partial charge in [0.25, 0.3) is 0 Å². The molecule has 0 saturated carbocycles. The SMILES string of the molecule is CCS(=O)(=O)N1CCN(c2nc(-c3ccccc3)nc(C)c2Cc2c(F)cccc2Cl)CC1. The van der Waals surface area contributed by atoms with Crippen LogP contribution in [0, 0.1) is 12.7 Å². The predicted octanol–water partition coefficient (Wildman–Crippen LogP) is 4.31. The molecular weight excluding hydrogens is 463 g/mol. The first-order valence-electron chi connectivity index (χ1n) is 10.9. The van der Waals surface area contributed by atoms with Crippen molar-refractivity contribution in [1.29, 1.82) is 0 Å². The van der Waals surface area contributed by atoms with Gasteiger partial charge in [0.15, 0.2) is 5.82 Å². The van der Waals surface area contributed by atoms with Gasteiger partial charge in [-0.2, -0.15) is 4.31 Å². The summed E-state index contributed by atoms with van der Waals surface area (Å²) in [5, 5.41) is 0.353. The topological polar surface area (TPSA) is 66.4 Å². The molecule has 1 aromatic heterocycles. The van der Waals surface area contributed by atoms with Gasteiger partial charge >= 0.3 is 0 Å². The molecule has 33 heavy (non-hydrogen) atoms. The number of rotatable bonds is 6. The lowest BCUT2D eigenvalue weighted by atomic mass is 10.0. The summed E-state index contributed by atoms with van der Waals surface area (Å²) in [7, 11) is -3.25. The number of hydrogen-bond acceptors (Lipinski definition) is 5. The fraction of sp³-hybridized carbons (Fsp3) is 0.333. The van der Waals surface area contributed by atoms with Crippen molar-refractivity contribution < 1.29 is 12.8 Å². The van der Waals surface area contributed by atoms with Crippen molar-refractivity contribution in [3.8, 4) is 11.4 Å². The Morgan fingerprint density at radius 3 is 2.30 bits per heavy atom. The van der Waals surface area contributed by atoms with Crippen molar-refractivity contribution in [3.63, 3.8) is 0 Å². The van der Waals surface area contributed by atoms with Crippen LogP contribution in [0.15, 0.2) is 48.5 Å². The second-order valence-corrected chi connectivity index (χ2v) is 10.6. The first kappa shape index (κ1) is 23.6. The van der Waals surface area contributed by atoms with E-state index in [1.165, 1.54) is 10.4 Å². The van der Waals surface area contributed by atoms with E-state index in [4.69, 9.17) is 21.6 Å². The first-order chi connectivity index (χ1) is 15.8. The molecule has 2 aromatic carbocycles.